The minimum atomic E-state index is -0.675. The number of aromatic nitrogens is 1. The first-order chi connectivity index (χ1) is 15.1. The van der Waals surface area contributed by atoms with Crippen molar-refractivity contribution in [3.63, 3.8) is 0 Å². The van der Waals surface area contributed by atoms with Gasteiger partial charge in [0.25, 0.3) is 5.91 Å². The van der Waals surface area contributed by atoms with Crippen molar-refractivity contribution in [2.75, 3.05) is 13.2 Å². The Morgan fingerprint density at radius 1 is 1.13 bits per heavy atom. The fraction of sp³-hybridized carbons (Fsp3) is 0.280. The molecule has 0 spiro atoms. The molecule has 1 amide bonds. The van der Waals surface area contributed by atoms with Crippen LogP contribution in [0.3, 0.4) is 0 Å². The predicted octanol–water partition coefficient (Wildman–Crippen LogP) is 3.35. The molecule has 0 saturated carbocycles. The van der Waals surface area contributed by atoms with Gasteiger partial charge in [0.1, 0.15) is 18.0 Å². The number of amides is 1. The second kappa shape index (κ2) is 8.13. The summed E-state index contributed by atoms with van der Waals surface area (Å²) in [6.45, 7) is 3.63. The van der Waals surface area contributed by atoms with Crippen molar-refractivity contribution in [3.8, 4) is 16.9 Å². The number of hydrogen-bond donors (Lipinski definition) is 1. The van der Waals surface area contributed by atoms with Gasteiger partial charge in [-0.1, -0.05) is 36.4 Å². The molecule has 3 aromatic rings. The van der Waals surface area contributed by atoms with E-state index in [0.29, 0.717) is 31.0 Å². The number of carbonyl (C=O) groups excluding carboxylic acids is 1. The Kier molecular flexibility index (Phi) is 5.18. The Morgan fingerprint density at radius 2 is 1.97 bits per heavy atom. The van der Waals surface area contributed by atoms with Crippen molar-refractivity contribution >= 4 is 5.91 Å². The van der Waals surface area contributed by atoms with Gasteiger partial charge in [-0.2, -0.15) is 0 Å². The number of pyridine rings is 1. The number of carbonyl (C=O) groups is 1. The van der Waals surface area contributed by atoms with Crippen molar-refractivity contribution in [2.45, 2.75) is 32.2 Å². The summed E-state index contributed by atoms with van der Waals surface area (Å²) in [7, 11) is 0. The Bertz CT molecular complexity index is 1110. The highest BCUT2D eigenvalue weighted by atomic mass is 16.6. The Balaban J connectivity index is 1.31. The number of aliphatic hydroxyl groups excluding tert-OH is 1. The number of aryl methyl sites for hydroxylation is 1. The van der Waals surface area contributed by atoms with Crippen molar-refractivity contribution in [1.82, 2.24) is 9.88 Å². The van der Waals surface area contributed by atoms with Crippen LogP contribution in [0.4, 0.5) is 0 Å². The molecular weight excluding hydrogens is 392 g/mol. The van der Waals surface area contributed by atoms with Crippen LogP contribution in [-0.4, -0.2) is 46.3 Å². The molecule has 2 aliphatic rings. The van der Waals surface area contributed by atoms with Gasteiger partial charge in [0.2, 0.25) is 0 Å². The molecule has 1 saturated heterocycles. The van der Waals surface area contributed by atoms with Crippen LogP contribution in [0.1, 0.15) is 27.2 Å². The molecule has 2 aromatic carbocycles. The third kappa shape index (κ3) is 3.92. The van der Waals surface area contributed by atoms with Gasteiger partial charge in [-0.15, -0.1) is 0 Å². The smallest absolute Gasteiger partial charge is 0.258 e. The molecule has 6 nitrogen and oxygen atoms in total. The first-order valence-corrected chi connectivity index (χ1v) is 10.4. The summed E-state index contributed by atoms with van der Waals surface area (Å²) in [5.74, 6) is 0.468. The van der Waals surface area contributed by atoms with Crippen molar-refractivity contribution in [2.24, 2.45) is 0 Å². The summed E-state index contributed by atoms with van der Waals surface area (Å²) in [6.07, 6.45) is 0.693. The number of rotatable bonds is 5. The molecule has 31 heavy (non-hydrogen) atoms. The lowest BCUT2D eigenvalue weighted by molar-refractivity contribution is 0.0685. The lowest BCUT2D eigenvalue weighted by Crippen LogP contribution is -2.30. The Hall–Kier alpha value is -3.22. The van der Waals surface area contributed by atoms with E-state index in [-0.39, 0.29) is 12.5 Å². The zero-order valence-electron chi connectivity index (χ0n) is 17.3. The van der Waals surface area contributed by atoms with Crippen molar-refractivity contribution in [3.05, 3.63) is 83.2 Å². The highest BCUT2D eigenvalue weighted by Crippen LogP contribution is 2.33. The Morgan fingerprint density at radius 3 is 2.71 bits per heavy atom. The summed E-state index contributed by atoms with van der Waals surface area (Å²) in [5, 5.41) is 9.98. The van der Waals surface area contributed by atoms with E-state index in [2.05, 4.69) is 35.3 Å². The van der Waals surface area contributed by atoms with Crippen molar-refractivity contribution in [1.29, 1.82) is 0 Å². The van der Waals surface area contributed by atoms with Gasteiger partial charge in [-0.25, -0.2) is 0 Å². The van der Waals surface area contributed by atoms with E-state index in [1.807, 2.05) is 36.2 Å². The molecule has 1 N–H and O–H groups in total. The molecule has 1 fully saturated rings. The van der Waals surface area contributed by atoms with Crippen LogP contribution in [0.15, 0.2) is 60.8 Å². The third-order valence-electron chi connectivity index (χ3n) is 5.81. The fourth-order valence-electron chi connectivity index (χ4n) is 4.16. The zero-order valence-corrected chi connectivity index (χ0v) is 17.3. The molecule has 0 unspecified atom stereocenters. The van der Waals surface area contributed by atoms with Crippen LogP contribution in [-0.2, 0) is 17.8 Å². The van der Waals surface area contributed by atoms with Gasteiger partial charge in [-0.3, -0.25) is 9.78 Å². The lowest BCUT2D eigenvalue weighted by atomic mass is 10.0. The summed E-state index contributed by atoms with van der Waals surface area (Å²) < 4.78 is 11.2. The number of aliphatic hydroxyl groups is 1. The minimum absolute atomic E-state index is 0.0483. The molecule has 6 heteroatoms. The summed E-state index contributed by atoms with van der Waals surface area (Å²) in [6, 6.07) is 18.0. The fourth-order valence-corrected chi connectivity index (χ4v) is 4.16. The van der Waals surface area contributed by atoms with E-state index >= 15 is 0 Å². The average molecular weight is 416 g/mol. The number of fused-ring (bicyclic) bond motifs is 1. The van der Waals surface area contributed by atoms with Gasteiger partial charge in [-0.05, 0) is 47.4 Å². The van der Waals surface area contributed by atoms with Gasteiger partial charge >= 0.3 is 0 Å². The first kappa shape index (κ1) is 19.7. The molecule has 2 atom stereocenters. The molecule has 5 rings (SSSR count). The first-order valence-electron chi connectivity index (χ1n) is 10.4. The largest absolute Gasteiger partial charge is 0.484 e. The van der Waals surface area contributed by atoms with Crippen LogP contribution in [0, 0.1) is 6.92 Å². The summed E-state index contributed by atoms with van der Waals surface area (Å²) in [4.78, 5) is 19.2. The van der Waals surface area contributed by atoms with Crippen LogP contribution < -0.4 is 4.74 Å². The highest BCUT2D eigenvalue weighted by molar-refractivity contribution is 6.01. The van der Waals surface area contributed by atoms with E-state index < -0.39 is 12.2 Å². The molecule has 0 bridgehead atoms. The van der Waals surface area contributed by atoms with Crippen LogP contribution in [0.2, 0.25) is 0 Å². The summed E-state index contributed by atoms with van der Waals surface area (Å²) in [5.41, 5.74) is 5.83. The molecule has 0 radical (unpaired) electrons. The second-order valence-electron chi connectivity index (χ2n) is 8.10. The van der Waals surface area contributed by atoms with E-state index in [1.54, 1.807) is 6.07 Å². The van der Waals surface area contributed by atoms with E-state index in [1.165, 1.54) is 0 Å². The van der Waals surface area contributed by atoms with Crippen LogP contribution in [0.25, 0.3) is 11.1 Å². The van der Waals surface area contributed by atoms with Gasteiger partial charge < -0.3 is 19.5 Å². The molecule has 3 heterocycles. The van der Waals surface area contributed by atoms with E-state index in [9.17, 15) is 9.90 Å². The molecule has 1 aromatic heterocycles. The lowest BCUT2D eigenvalue weighted by Gasteiger charge is -2.18. The van der Waals surface area contributed by atoms with Crippen LogP contribution >= 0.6 is 0 Å². The second-order valence-corrected chi connectivity index (χ2v) is 8.10. The molecule has 158 valence electrons. The number of ether oxygens (including phenoxy) is 2. The summed E-state index contributed by atoms with van der Waals surface area (Å²) >= 11 is 0. The standard InChI is InChI=1S/C25H24N2O4/c1-16-11-19(9-10-26-16)18-7-5-17(6-8-18)12-27-13-20-3-2-4-22(24(20)25(27)29)31-23-15-30-14-21(23)28/h2-11,21,23,28H,12-15H2,1H3/t21-,23-/m1/s1. The SMILES string of the molecule is Cc1cc(-c2ccc(CN3Cc4cccc(O[C@@H]5COC[C@H]5O)c4C3=O)cc2)ccn1. The van der Waals surface area contributed by atoms with E-state index in [4.69, 9.17) is 9.47 Å². The maximum atomic E-state index is 13.1. The third-order valence-corrected chi connectivity index (χ3v) is 5.81. The number of nitrogens with zero attached hydrogens (tertiary/aromatic N) is 2. The van der Waals surface area contributed by atoms with E-state index in [0.717, 1.165) is 27.9 Å². The maximum absolute atomic E-state index is 13.1. The minimum Gasteiger partial charge on any atom is -0.484 e. The monoisotopic (exact) mass is 416 g/mol. The molecular formula is C25H24N2O4. The Labute approximate surface area is 181 Å². The number of hydrogen-bond acceptors (Lipinski definition) is 5. The zero-order chi connectivity index (χ0) is 21.4. The predicted molar refractivity (Wildman–Crippen MR) is 116 cm³/mol. The van der Waals surface area contributed by atoms with Gasteiger partial charge in [0, 0.05) is 25.0 Å². The molecule has 2 aliphatic heterocycles. The normalized spacial score (nSPS) is 20.2. The number of benzene rings is 2. The highest BCUT2D eigenvalue weighted by Gasteiger charge is 2.34. The van der Waals surface area contributed by atoms with Gasteiger partial charge in [0.15, 0.2) is 0 Å². The topological polar surface area (TPSA) is 71.9 Å². The van der Waals surface area contributed by atoms with Crippen LogP contribution in [0.5, 0.6) is 5.75 Å². The van der Waals surface area contributed by atoms with Crippen molar-refractivity contribution < 1.29 is 19.4 Å². The average Bonchev–Trinajstić information content (AvgIpc) is 3.32. The van der Waals surface area contributed by atoms with Gasteiger partial charge in [0.05, 0.1) is 18.8 Å². The molecule has 0 aliphatic carbocycles. The maximum Gasteiger partial charge on any atom is 0.258 e. The quantitative estimate of drug-likeness (QED) is 0.691.